The predicted octanol–water partition coefficient (Wildman–Crippen LogP) is 4.10. The lowest BCUT2D eigenvalue weighted by Gasteiger charge is -2.32. The van der Waals surface area contributed by atoms with Gasteiger partial charge in [-0.15, -0.1) is 0 Å². The Balaban J connectivity index is 1.55. The van der Waals surface area contributed by atoms with Gasteiger partial charge in [0.2, 0.25) is 5.91 Å². The number of nitrogens with one attached hydrogen (secondary N) is 1. The van der Waals surface area contributed by atoms with Crippen molar-refractivity contribution in [3.63, 3.8) is 0 Å². The molecule has 0 spiro atoms. The average Bonchev–Trinajstić information content (AvgIpc) is 2.68. The van der Waals surface area contributed by atoms with Gasteiger partial charge in [0.05, 0.1) is 5.56 Å². The number of halogens is 3. The summed E-state index contributed by atoms with van der Waals surface area (Å²) in [5.74, 6) is -0.332. The molecule has 3 rings (SSSR count). The van der Waals surface area contributed by atoms with E-state index < -0.39 is 11.7 Å². The van der Waals surface area contributed by atoms with Gasteiger partial charge in [0.1, 0.15) is 0 Å². The molecule has 1 N–H and O–H groups in total. The number of likely N-dealkylation sites (N-methyl/N-ethyl adjacent to an activating group) is 1. The molecule has 1 heterocycles. The van der Waals surface area contributed by atoms with Crippen LogP contribution in [0.5, 0.6) is 0 Å². The summed E-state index contributed by atoms with van der Waals surface area (Å²) in [7, 11) is 2.12. The van der Waals surface area contributed by atoms with Crippen molar-refractivity contribution in [2.45, 2.75) is 12.7 Å². The Morgan fingerprint density at radius 1 is 1.07 bits per heavy atom. The number of piperazine rings is 1. The number of rotatable bonds is 5. The number of amides is 1. The van der Waals surface area contributed by atoms with Gasteiger partial charge in [0, 0.05) is 44.5 Å². The fourth-order valence-corrected chi connectivity index (χ4v) is 3.15. The Morgan fingerprint density at radius 2 is 1.76 bits per heavy atom. The molecule has 2 aromatic carbocycles. The first-order valence-electron chi connectivity index (χ1n) is 9.46. The van der Waals surface area contributed by atoms with Crippen LogP contribution < -0.4 is 5.32 Å². The van der Waals surface area contributed by atoms with Gasteiger partial charge in [-0.25, -0.2) is 0 Å². The van der Waals surface area contributed by atoms with Crippen molar-refractivity contribution < 1.29 is 18.0 Å². The number of carbonyl (C=O) groups is 1. The summed E-state index contributed by atoms with van der Waals surface area (Å²) in [5, 5.41) is 2.80. The zero-order valence-corrected chi connectivity index (χ0v) is 16.2. The Morgan fingerprint density at radius 3 is 2.41 bits per heavy atom. The van der Waals surface area contributed by atoms with Gasteiger partial charge >= 0.3 is 6.18 Å². The van der Waals surface area contributed by atoms with E-state index in [2.05, 4.69) is 22.2 Å². The minimum absolute atomic E-state index is 0.332. The maximum Gasteiger partial charge on any atom is 0.416 e. The molecule has 1 fully saturated rings. The summed E-state index contributed by atoms with van der Waals surface area (Å²) in [6.45, 7) is 4.96. The molecule has 0 aromatic heterocycles. The molecule has 0 radical (unpaired) electrons. The number of hydrogen-bond acceptors (Lipinski definition) is 3. The SMILES string of the molecule is CN1CCN(Cc2cccc(NC(=O)C=Cc3ccc(C(F)(F)F)cc3)c2)CC1. The lowest BCUT2D eigenvalue weighted by molar-refractivity contribution is -0.137. The van der Waals surface area contributed by atoms with Crippen molar-refractivity contribution in [3.8, 4) is 0 Å². The minimum atomic E-state index is -4.37. The second kappa shape index (κ2) is 9.24. The third-order valence-electron chi connectivity index (χ3n) is 4.86. The molecule has 1 saturated heterocycles. The highest BCUT2D eigenvalue weighted by atomic mass is 19.4. The highest BCUT2D eigenvalue weighted by molar-refractivity contribution is 6.01. The molecule has 4 nitrogen and oxygen atoms in total. The monoisotopic (exact) mass is 403 g/mol. The molecule has 0 unspecified atom stereocenters. The number of anilines is 1. The molecule has 29 heavy (non-hydrogen) atoms. The van der Waals surface area contributed by atoms with E-state index >= 15 is 0 Å². The number of carbonyl (C=O) groups excluding carboxylic acids is 1. The van der Waals surface area contributed by atoms with Crippen LogP contribution in [-0.4, -0.2) is 48.9 Å². The van der Waals surface area contributed by atoms with Crippen LogP contribution in [0.25, 0.3) is 6.08 Å². The Labute approximate surface area is 168 Å². The summed E-state index contributed by atoms with van der Waals surface area (Å²) < 4.78 is 37.8. The molecule has 154 valence electrons. The molecular weight excluding hydrogens is 379 g/mol. The first-order valence-corrected chi connectivity index (χ1v) is 9.46. The highest BCUT2D eigenvalue weighted by Crippen LogP contribution is 2.29. The molecular formula is C22H24F3N3O. The number of benzene rings is 2. The summed E-state index contributed by atoms with van der Waals surface area (Å²) >= 11 is 0. The molecule has 0 saturated carbocycles. The standard InChI is InChI=1S/C22H24F3N3O/c1-27-11-13-28(14-12-27)16-18-3-2-4-20(15-18)26-21(29)10-7-17-5-8-19(9-6-17)22(23,24)25/h2-10,15H,11-14,16H2,1H3,(H,26,29). The molecule has 2 aromatic rings. The number of alkyl halides is 3. The molecule has 1 aliphatic rings. The van der Waals surface area contributed by atoms with Crippen molar-refractivity contribution >= 4 is 17.7 Å². The Kier molecular flexibility index (Phi) is 6.71. The summed E-state index contributed by atoms with van der Waals surface area (Å²) in [6.07, 6.45) is -1.56. The van der Waals surface area contributed by atoms with Crippen molar-refractivity contribution in [3.05, 3.63) is 71.3 Å². The van der Waals surface area contributed by atoms with Crippen LogP contribution >= 0.6 is 0 Å². The summed E-state index contributed by atoms with van der Waals surface area (Å²) in [5.41, 5.74) is 1.63. The van der Waals surface area contributed by atoms with E-state index in [4.69, 9.17) is 0 Å². The van der Waals surface area contributed by atoms with Crippen LogP contribution in [0.2, 0.25) is 0 Å². The van der Waals surface area contributed by atoms with Crippen LogP contribution in [0, 0.1) is 0 Å². The zero-order chi connectivity index (χ0) is 20.9. The van der Waals surface area contributed by atoms with Crippen molar-refractivity contribution in [2.24, 2.45) is 0 Å². The van der Waals surface area contributed by atoms with Crippen molar-refractivity contribution in [2.75, 3.05) is 38.5 Å². The van der Waals surface area contributed by atoms with Crippen LogP contribution in [0.1, 0.15) is 16.7 Å². The maximum atomic E-state index is 12.6. The molecule has 1 amide bonds. The van der Waals surface area contributed by atoms with Crippen molar-refractivity contribution in [1.29, 1.82) is 0 Å². The van der Waals surface area contributed by atoms with Crippen LogP contribution in [0.3, 0.4) is 0 Å². The van der Waals surface area contributed by atoms with Gasteiger partial charge in [0.25, 0.3) is 0 Å². The normalized spacial score (nSPS) is 16.3. The smallest absolute Gasteiger partial charge is 0.323 e. The van der Waals surface area contributed by atoms with Gasteiger partial charge in [-0.2, -0.15) is 13.2 Å². The molecule has 7 heteroatoms. The highest BCUT2D eigenvalue weighted by Gasteiger charge is 2.29. The molecule has 0 bridgehead atoms. The topological polar surface area (TPSA) is 35.6 Å². The second-order valence-corrected chi connectivity index (χ2v) is 7.22. The van der Waals surface area contributed by atoms with Gasteiger partial charge in [-0.1, -0.05) is 24.3 Å². The van der Waals surface area contributed by atoms with Crippen LogP contribution in [-0.2, 0) is 17.5 Å². The molecule has 0 atom stereocenters. The van der Waals surface area contributed by atoms with E-state index in [0.717, 1.165) is 50.4 Å². The van der Waals surface area contributed by atoms with E-state index in [1.54, 1.807) is 0 Å². The van der Waals surface area contributed by atoms with Crippen molar-refractivity contribution in [1.82, 2.24) is 9.80 Å². The zero-order valence-electron chi connectivity index (χ0n) is 16.2. The van der Waals surface area contributed by atoms with Crippen LogP contribution in [0.4, 0.5) is 18.9 Å². The quantitative estimate of drug-likeness (QED) is 0.764. The van der Waals surface area contributed by atoms with Crippen LogP contribution in [0.15, 0.2) is 54.6 Å². The van der Waals surface area contributed by atoms with E-state index in [0.29, 0.717) is 11.3 Å². The van der Waals surface area contributed by atoms with Gasteiger partial charge in [-0.05, 0) is 48.5 Å². The lowest BCUT2D eigenvalue weighted by Crippen LogP contribution is -2.43. The molecule has 0 aliphatic carbocycles. The van der Waals surface area contributed by atoms with E-state index in [9.17, 15) is 18.0 Å². The largest absolute Gasteiger partial charge is 0.416 e. The third kappa shape index (κ3) is 6.44. The fourth-order valence-electron chi connectivity index (χ4n) is 3.15. The first-order chi connectivity index (χ1) is 13.8. The maximum absolute atomic E-state index is 12.6. The summed E-state index contributed by atoms with van der Waals surface area (Å²) in [4.78, 5) is 16.8. The fraction of sp³-hybridized carbons (Fsp3) is 0.318. The Hall–Kier alpha value is -2.64. The Bertz CT molecular complexity index is 854. The van der Waals surface area contributed by atoms with E-state index in [1.807, 2.05) is 24.3 Å². The number of hydrogen-bond donors (Lipinski definition) is 1. The predicted molar refractivity (Wildman–Crippen MR) is 108 cm³/mol. The van der Waals surface area contributed by atoms with Gasteiger partial charge in [0.15, 0.2) is 0 Å². The first kappa shape index (κ1) is 21.1. The van der Waals surface area contributed by atoms with E-state index in [1.165, 1.54) is 24.3 Å². The number of nitrogens with zero attached hydrogens (tertiary/aromatic N) is 2. The van der Waals surface area contributed by atoms with Gasteiger partial charge < -0.3 is 10.2 Å². The minimum Gasteiger partial charge on any atom is -0.323 e. The average molecular weight is 403 g/mol. The van der Waals surface area contributed by atoms with Gasteiger partial charge in [-0.3, -0.25) is 9.69 Å². The van der Waals surface area contributed by atoms with E-state index in [-0.39, 0.29) is 5.91 Å². The lowest BCUT2D eigenvalue weighted by atomic mass is 10.1. The third-order valence-corrected chi connectivity index (χ3v) is 4.86. The summed E-state index contributed by atoms with van der Waals surface area (Å²) in [6, 6.07) is 12.4. The molecule has 1 aliphatic heterocycles. The second-order valence-electron chi connectivity index (χ2n) is 7.22.